The van der Waals surface area contributed by atoms with Crippen LogP contribution in [0, 0.1) is 5.82 Å². The number of ether oxygens (including phenoxy) is 1. The molecule has 108 valence electrons. The van der Waals surface area contributed by atoms with Crippen molar-refractivity contribution in [1.82, 2.24) is 0 Å². The van der Waals surface area contributed by atoms with Crippen LogP contribution in [0.1, 0.15) is 56.1 Å². The van der Waals surface area contributed by atoms with Gasteiger partial charge in [-0.1, -0.05) is 13.0 Å². The van der Waals surface area contributed by atoms with Gasteiger partial charge in [0.25, 0.3) is 0 Å². The first-order valence-corrected chi connectivity index (χ1v) is 6.03. The molecule has 0 saturated heterocycles. The van der Waals surface area contributed by atoms with Gasteiger partial charge in [-0.3, -0.25) is 0 Å². The van der Waals surface area contributed by atoms with Crippen LogP contribution in [-0.2, 0) is 4.74 Å². The zero-order chi connectivity index (χ0) is 13.9. The molecule has 5 heteroatoms. The number of carbonyl (C=O) groups is 1. The molecule has 1 atom stereocenters. The van der Waals surface area contributed by atoms with Crippen LogP contribution in [0.3, 0.4) is 0 Å². The van der Waals surface area contributed by atoms with Crippen molar-refractivity contribution in [3.63, 3.8) is 0 Å². The Morgan fingerprint density at radius 3 is 2.42 bits per heavy atom. The van der Waals surface area contributed by atoms with Gasteiger partial charge >= 0.3 is 5.97 Å². The largest absolute Gasteiger partial charge is 0.456 e. The molecule has 0 radical (unpaired) electrons. The number of esters is 1. The summed E-state index contributed by atoms with van der Waals surface area (Å²) in [5.74, 6) is -1.25. The van der Waals surface area contributed by atoms with E-state index in [1.807, 2.05) is 6.92 Å². The predicted molar refractivity (Wildman–Crippen MR) is 76.0 cm³/mol. The number of halogens is 2. The van der Waals surface area contributed by atoms with Crippen molar-refractivity contribution in [3.8, 4) is 0 Å². The van der Waals surface area contributed by atoms with Crippen LogP contribution >= 0.6 is 12.4 Å². The minimum atomic E-state index is -0.656. The van der Waals surface area contributed by atoms with Crippen molar-refractivity contribution >= 4 is 18.4 Å². The third kappa shape index (κ3) is 5.17. The molecule has 0 spiro atoms. The van der Waals surface area contributed by atoms with Crippen molar-refractivity contribution in [2.45, 2.75) is 45.8 Å². The predicted octanol–water partition coefficient (Wildman–Crippen LogP) is 3.61. The molecule has 0 fully saturated rings. The molecule has 1 aromatic rings. The molecule has 1 unspecified atom stereocenters. The first-order valence-electron chi connectivity index (χ1n) is 6.03. The van der Waals surface area contributed by atoms with E-state index in [0.29, 0.717) is 12.0 Å². The lowest BCUT2D eigenvalue weighted by molar-refractivity contribution is 0.00647. The highest BCUT2D eigenvalue weighted by molar-refractivity contribution is 5.90. The topological polar surface area (TPSA) is 52.3 Å². The van der Waals surface area contributed by atoms with Crippen LogP contribution < -0.4 is 5.73 Å². The first-order chi connectivity index (χ1) is 8.24. The molecule has 3 nitrogen and oxygen atoms in total. The zero-order valence-corrected chi connectivity index (χ0v) is 12.5. The third-order valence-electron chi connectivity index (χ3n) is 2.48. The van der Waals surface area contributed by atoms with Crippen molar-refractivity contribution in [1.29, 1.82) is 0 Å². The molecule has 0 amide bonds. The Morgan fingerprint density at radius 1 is 1.42 bits per heavy atom. The van der Waals surface area contributed by atoms with Gasteiger partial charge in [0.15, 0.2) is 0 Å². The average Bonchev–Trinajstić information content (AvgIpc) is 2.25. The maximum absolute atomic E-state index is 13.8. The second-order valence-corrected chi connectivity index (χ2v) is 5.26. The summed E-state index contributed by atoms with van der Waals surface area (Å²) < 4.78 is 18.9. The van der Waals surface area contributed by atoms with Gasteiger partial charge in [-0.05, 0) is 44.9 Å². The summed E-state index contributed by atoms with van der Waals surface area (Å²) in [7, 11) is 0. The molecule has 0 bridgehead atoms. The van der Waals surface area contributed by atoms with E-state index in [2.05, 4.69) is 0 Å². The van der Waals surface area contributed by atoms with Gasteiger partial charge in [-0.2, -0.15) is 0 Å². The second kappa shape index (κ2) is 6.87. The highest BCUT2D eigenvalue weighted by atomic mass is 35.5. The van der Waals surface area contributed by atoms with Crippen LogP contribution in [0.4, 0.5) is 4.39 Å². The van der Waals surface area contributed by atoms with Crippen molar-refractivity contribution in [3.05, 3.63) is 35.1 Å². The normalized spacial score (nSPS) is 12.5. The quantitative estimate of drug-likeness (QED) is 0.865. The van der Waals surface area contributed by atoms with Crippen LogP contribution in [-0.4, -0.2) is 11.6 Å². The Bertz CT molecular complexity index is 444. The SMILES string of the molecule is CCC(N)c1ccc(C(=O)OC(C)(C)C)c(F)c1.Cl. The Labute approximate surface area is 119 Å². The monoisotopic (exact) mass is 289 g/mol. The molecule has 0 saturated carbocycles. The van der Waals surface area contributed by atoms with E-state index < -0.39 is 17.4 Å². The highest BCUT2D eigenvalue weighted by Gasteiger charge is 2.21. The number of carbonyl (C=O) groups excluding carboxylic acids is 1. The van der Waals surface area contributed by atoms with Gasteiger partial charge in [0, 0.05) is 6.04 Å². The van der Waals surface area contributed by atoms with Gasteiger partial charge in [0.05, 0.1) is 5.56 Å². The molecule has 0 heterocycles. The van der Waals surface area contributed by atoms with Crippen LogP contribution in [0.15, 0.2) is 18.2 Å². The Balaban J connectivity index is 0.00000324. The van der Waals surface area contributed by atoms with Crippen LogP contribution in [0.2, 0.25) is 0 Å². The van der Waals surface area contributed by atoms with E-state index in [4.69, 9.17) is 10.5 Å². The lowest BCUT2D eigenvalue weighted by Gasteiger charge is -2.20. The summed E-state index contributed by atoms with van der Waals surface area (Å²) in [5, 5.41) is 0. The number of rotatable bonds is 3. The Hall–Kier alpha value is -1.13. The molecule has 1 rings (SSSR count). The summed E-state index contributed by atoms with van der Waals surface area (Å²) in [6, 6.07) is 4.17. The Morgan fingerprint density at radius 2 is 2.00 bits per heavy atom. The maximum Gasteiger partial charge on any atom is 0.341 e. The lowest BCUT2D eigenvalue weighted by Crippen LogP contribution is -2.24. The average molecular weight is 290 g/mol. The lowest BCUT2D eigenvalue weighted by atomic mass is 10.0. The highest BCUT2D eigenvalue weighted by Crippen LogP contribution is 2.20. The number of hydrogen-bond donors (Lipinski definition) is 1. The fraction of sp³-hybridized carbons (Fsp3) is 0.500. The van der Waals surface area contributed by atoms with E-state index in [1.54, 1.807) is 26.8 Å². The summed E-state index contributed by atoms with van der Waals surface area (Å²) in [5.41, 5.74) is 5.80. The first kappa shape index (κ1) is 17.9. The van der Waals surface area contributed by atoms with Gasteiger partial charge in [-0.15, -0.1) is 12.4 Å². The molecular weight excluding hydrogens is 269 g/mol. The number of nitrogens with two attached hydrogens (primary N) is 1. The summed E-state index contributed by atoms with van der Waals surface area (Å²) >= 11 is 0. The molecule has 0 aromatic heterocycles. The van der Waals surface area contributed by atoms with Crippen molar-refractivity contribution < 1.29 is 13.9 Å². The molecule has 0 aliphatic carbocycles. The van der Waals surface area contributed by atoms with Crippen molar-refractivity contribution in [2.24, 2.45) is 5.73 Å². The van der Waals surface area contributed by atoms with Gasteiger partial charge in [-0.25, -0.2) is 9.18 Å². The van der Waals surface area contributed by atoms with Gasteiger partial charge in [0.2, 0.25) is 0 Å². The minimum Gasteiger partial charge on any atom is -0.456 e. The van der Waals surface area contributed by atoms with E-state index in [9.17, 15) is 9.18 Å². The summed E-state index contributed by atoms with van der Waals surface area (Å²) in [6.07, 6.45) is 0.714. The van der Waals surface area contributed by atoms with Crippen molar-refractivity contribution in [2.75, 3.05) is 0 Å². The molecule has 0 aliphatic heterocycles. The Kier molecular flexibility index (Phi) is 6.46. The molecule has 1 aromatic carbocycles. The fourth-order valence-corrected chi connectivity index (χ4v) is 1.50. The molecular formula is C14H21ClFNO2. The smallest absolute Gasteiger partial charge is 0.341 e. The minimum absolute atomic E-state index is 0. The van der Waals surface area contributed by atoms with E-state index in [1.165, 1.54) is 12.1 Å². The fourth-order valence-electron chi connectivity index (χ4n) is 1.50. The zero-order valence-electron chi connectivity index (χ0n) is 11.7. The summed E-state index contributed by atoms with van der Waals surface area (Å²) in [6.45, 7) is 7.14. The van der Waals surface area contributed by atoms with E-state index in [0.717, 1.165) is 0 Å². The molecule has 2 N–H and O–H groups in total. The second-order valence-electron chi connectivity index (χ2n) is 5.26. The third-order valence-corrected chi connectivity index (χ3v) is 2.48. The maximum atomic E-state index is 13.8. The van der Waals surface area contributed by atoms with Gasteiger partial charge in [0.1, 0.15) is 11.4 Å². The molecule has 19 heavy (non-hydrogen) atoms. The van der Waals surface area contributed by atoms with Crippen LogP contribution in [0.5, 0.6) is 0 Å². The standard InChI is InChI=1S/C14H20FNO2.ClH/c1-5-12(16)9-6-7-10(11(15)8-9)13(17)18-14(2,3)4;/h6-8,12H,5,16H2,1-4H3;1H. The van der Waals surface area contributed by atoms with E-state index in [-0.39, 0.29) is 24.0 Å². The van der Waals surface area contributed by atoms with E-state index >= 15 is 0 Å². The number of benzene rings is 1. The summed E-state index contributed by atoms with van der Waals surface area (Å²) in [4.78, 5) is 11.7. The van der Waals surface area contributed by atoms with Crippen LogP contribution in [0.25, 0.3) is 0 Å². The number of hydrogen-bond acceptors (Lipinski definition) is 3. The molecule has 0 aliphatic rings. The van der Waals surface area contributed by atoms with Gasteiger partial charge < -0.3 is 10.5 Å².